The van der Waals surface area contributed by atoms with Gasteiger partial charge in [0.1, 0.15) is 18.4 Å². The van der Waals surface area contributed by atoms with Crippen LogP contribution in [0.5, 0.6) is 5.75 Å². The van der Waals surface area contributed by atoms with Gasteiger partial charge in [-0.3, -0.25) is 9.80 Å². The molecule has 0 aromatic heterocycles. The number of piperazine rings is 1. The number of likely N-dealkylation sites (tertiary alicyclic amines) is 1. The number of rotatable bonds is 7. The highest BCUT2D eigenvalue weighted by Gasteiger charge is 2.33. The molecule has 0 saturated carbocycles. The van der Waals surface area contributed by atoms with Crippen LogP contribution < -0.4 is 4.74 Å². The number of nitroso groups, excluding NO2 is 1. The first kappa shape index (κ1) is 25.8. The number of ether oxygens (including phenoxy) is 1. The molecule has 0 bridgehead atoms. The molecule has 35 heavy (non-hydrogen) atoms. The van der Waals surface area contributed by atoms with Crippen LogP contribution in [0, 0.1) is 4.91 Å². The summed E-state index contributed by atoms with van der Waals surface area (Å²) in [5.74, 6) is 0.951. The molecule has 2 aromatic rings. The highest BCUT2D eigenvalue weighted by atomic mass is 16.5. The summed E-state index contributed by atoms with van der Waals surface area (Å²) in [6, 6.07) is 17.1. The van der Waals surface area contributed by atoms with E-state index in [1.807, 2.05) is 18.2 Å². The zero-order chi connectivity index (χ0) is 24.8. The van der Waals surface area contributed by atoms with Crippen molar-refractivity contribution in [3.8, 4) is 5.75 Å². The molecule has 0 spiro atoms. The molecule has 0 N–H and O–H groups in total. The van der Waals surface area contributed by atoms with Crippen LogP contribution in [-0.2, 0) is 18.6 Å². The Balaban J connectivity index is 1.48. The number of likely N-dealkylation sites (N-methyl/N-ethyl adjacent to an activating group) is 1. The molecular weight excluding hydrogens is 436 g/mol. The van der Waals surface area contributed by atoms with Gasteiger partial charge in [-0.2, -0.15) is 4.91 Å². The van der Waals surface area contributed by atoms with Crippen LogP contribution in [-0.4, -0.2) is 73.1 Å². The second-order valence-electron chi connectivity index (χ2n) is 11.3. The Morgan fingerprint density at radius 3 is 2.34 bits per heavy atom. The molecule has 2 aliphatic heterocycles. The molecule has 190 valence electrons. The van der Waals surface area contributed by atoms with Crippen molar-refractivity contribution in [2.24, 2.45) is 5.18 Å². The molecule has 0 radical (unpaired) electrons. The highest BCUT2D eigenvalue weighted by molar-refractivity contribution is 5.40. The molecule has 2 saturated heterocycles. The molecule has 2 aromatic carbocycles. The smallest absolute Gasteiger partial charge is 0.124 e. The number of hydrogen-bond donors (Lipinski definition) is 0. The van der Waals surface area contributed by atoms with Gasteiger partial charge in [-0.1, -0.05) is 68.4 Å². The number of nitrogens with zero attached hydrogens (tertiary/aromatic N) is 4. The maximum Gasteiger partial charge on any atom is 0.124 e. The first-order valence-corrected chi connectivity index (χ1v) is 13.1. The van der Waals surface area contributed by atoms with Gasteiger partial charge >= 0.3 is 0 Å². The first-order chi connectivity index (χ1) is 16.8. The molecule has 0 aliphatic carbocycles. The van der Waals surface area contributed by atoms with E-state index in [-0.39, 0.29) is 17.5 Å². The number of benzene rings is 2. The van der Waals surface area contributed by atoms with Gasteiger partial charge < -0.3 is 9.64 Å². The van der Waals surface area contributed by atoms with Gasteiger partial charge in [0.2, 0.25) is 0 Å². The maximum absolute atomic E-state index is 11.8. The summed E-state index contributed by atoms with van der Waals surface area (Å²) in [4.78, 5) is 19.2. The third kappa shape index (κ3) is 6.90. The van der Waals surface area contributed by atoms with Gasteiger partial charge in [0, 0.05) is 57.4 Å². The van der Waals surface area contributed by atoms with E-state index in [9.17, 15) is 4.91 Å². The van der Waals surface area contributed by atoms with Gasteiger partial charge in [0.15, 0.2) is 0 Å². The SMILES string of the molecule is CN1CCN([C@H]2CCN(Cc3cc(C(C)(C)C)ccc3OCc3ccccc3)CC[C@@H]2N=O)CC1. The third-order valence-corrected chi connectivity index (χ3v) is 7.63. The average molecular weight is 479 g/mol. The van der Waals surface area contributed by atoms with Crippen molar-refractivity contribution in [1.29, 1.82) is 0 Å². The highest BCUT2D eigenvalue weighted by Crippen LogP contribution is 2.31. The van der Waals surface area contributed by atoms with Crippen LogP contribution in [0.4, 0.5) is 0 Å². The largest absolute Gasteiger partial charge is 0.489 e. The van der Waals surface area contributed by atoms with Crippen LogP contribution in [0.15, 0.2) is 53.7 Å². The minimum Gasteiger partial charge on any atom is -0.489 e. The van der Waals surface area contributed by atoms with Crippen molar-refractivity contribution < 1.29 is 4.74 Å². The molecule has 2 aliphatic rings. The number of hydrogen-bond acceptors (Lipinski definition) is 6. The summed E-state index contributed by atoms with van der Waals surface area (Å²) in [7, 11) is 2.17. The fourth-order valence-electron chi connectivity index (χ4n) is 5.27. The Kier molecular flexibility index (Phi) is 8.58. The second-order valence-corrected chi connectivity index (χ2v) is 11.3. The average Bonchev–Trinajstić information content (AvgIpc) is 3.06. The van der Waals surface area contributed by atoms with Crippen LogP contribution in [0.1, 0.15) is 50.3 Å². The zero-order valence-electron chi connectivity index (χ0n) is 21.9. The van der Waals surface area contributed by atoms with Crippen LogP contribution in [0.3, 0.4) is 0 Å². The minimum absolute atomic E-state index is 0.0740. The van der Waals surface area contributed by atoms with E-state index < -0.39 is 0 Å². The molecule has 6 heteroatoms. The van der Waals surface area contributed by atoms with Crippen molar-refractivity contribution in [3.05, 3.63) is 70.1 Å². The lowest BCUT2D eigenvalue weighted by Gasteiger charge is -2.39. The van der Waals surface area contributed by atoms with Crippen molar-refractivity contribution in [3.63, 3.8) is 0 Å². The minimum atomic E-state index is -0.127. The lowest BCUT2D eigenvalue weighted by molar-refractivity contribution is 0.0945. The topological polar surface area (TPSA) is 48.4 Å². The van der Waals surface area contributed by atoms with Gasteiger partial charge in [-0.25, -0.2) is 0 Å². The summed E-state index contributed by atoms with van der Waals surface area (Å²) in [6.45, 7) is 14.2. The summed E-state index contributed by atoms with van der Waals surface area (Å²) >= 11 is 0. The lowest BCUT2D eigenvalue weighted by Crippen LogP contribution is -2.52. The molecule has 0 unspecified atom stereocenters. The predicted octanol–water partition coefficient (Wildman–Crippen LogP) is 4.91. The summed E-state index contributed by atoms with van der Waals surface area (Å²) in [5.41, 5.74) is 3.78. The van der Waals surface area contributed by atoms with Crippen molar-refractivity contribution >= 4 is 0 Å². The van der Waals surface area contributed by atoms with Crippen LogP contribution in [0.2, 0.25) is 0 Å². The summed E-state index contributed by atoms with van der Waals surface area (Å²) < 4.78 is 6.32. The van der Waals surface area contributed by atoms with Gasteiger partial charge in [0.05, 0.1) is 0 Å². The fraction of sp³-hybridized carbons (Fsp3) is 0.586. The molecule has 2 heterocycles. The predicted molar refractivity (Wildman–Crippen MR) is 143 cm³/mol. The van der Waals surface area contributed by atoms with Crippen LogP contribution >= 0.6 is 0 Å². The maximum atomic E-state index is 11.8. The Morgan fingerprint density at radius 1 is 0.943 bits per heavy atom. The monoisotopic (exact) mass is 478 g/mol. The third-order valence-electron chi connectivity index (χ3n) is 7.63. The van der Waals surface area contributed by atoms with E-state index in [1.54, 1.807) is 0 Å². The van der Waals surface area contributed by atoms with Crippen molar-refractivity contribution in [1.82, 2.24) is 14.7 Å². The second kappa shape index (κ2) is 11.6. The van der Waals surface area contributed by atoms with Crippen molar-refractivity contribution in [2.45, 2.75) is 64.3 Å². The Hall–Kier alpha value is -2.28. The Bertz CT molecular complexity index is 951. The Morgan fingerprint density at radius 2 is 1.66 bits per heavy atom. The standard InChI is InChI=1S/C29H42N4O2/c1-29(2,3)25-10-11-28(35-22-23-8-6-5-7-9-23)24(20-25)21-32-14-12-26(30-34)27(13-15-32)33-18-16-31(4)17-19-33/h5-11,20,26-27H,12-19,21-22H2,1-4H3/t26-,27-/m0/s1. The zero-order valence-corrected chi connectivity index (χ0v) is 21.9. The molecular formula is C29H42N4O2. The molecule has 0 amide bonds. The fourth-order valence-corrected chi connectivity index (χ4v) is 5.27. The Labute approximate surface area is 211 Å². The lowest BCUT2D eigenvalue weighted by atomic mass is 9.86. The molecule has 2 atom stereocenters. The van der Waals surface area contributed by atoms with E-state index in [1.165, 1.54) is 16.7 Å². The summed E-state index contributed by atoms with van der Waals surface area (Å²) in [5, 5.41) is 3.59. The molecule has 4 rings (SSSR count). The summed E-state index contributed by atoms with van der Waals surface area (Å²) in [6.07, 6.45) is 1.80. The van der Waals surface area contributed by atoms with Crippen LogP contribution in [0.25, 0.3) is 0 Å². The van der Waals surface area contributed by atoms with Gasteiger partial charge in [0.25, 0.3) is 0 Å². The van der Waals surface area contributed by atoms with E-state index in [4.69, 9.17) is 4.74 Å². The normalized spacial score (nSPS) is 23.1. The molecule has 2 fully saturated rings. The molecule has 6 nitrogen and oxygen atoms in total. The van der Waals surface area contributed by atoms with Gasteiger partial charge in [-0.05, 0) is 42.5 Å². The van der Waals surface area contributed by atoms with E-state index in [2.05, 4.69) is 78.0 Å². The van der Waals surface area contributed by atoms with Crippen molar-refractivity contribution in [2.75, 3.05) is 46.3 Å². The van der Waals surface area contributed by atoms with E-state index in [0.717, 1.165) is 64.4 Å². The van der Waals surface area contributed by atoms with E-state index in [0.29, 0.717) is 6.61 Å². The van der Waals surface area contributed by atoms with Gasteiger partial charge in [-0.15, -0.1) is 0 Å². The first-order valence-electron chi connectivity index (χ1n) is 13.1. The van der Waals surface area contributed by atoms with E-state index >= 15 is 0 Å². The quantitative estimate of drug-likeness (QED) is 0.529.